The van der Waals surface area contributed by atoms with Crippen LogP contribution in [0.5, 0.6) is 17.2 Å². The summed E-state index contributed by atoms with van der Waals surface area (Å²) >= 11 is 0. The zero-order valence-corrected chi connectivity index (χ0v) is 17.4. The summed E-state index contributed by atoms with van der Waals surface area (Å²) in [6.07, 6.45) is 6.25. The lowest BCUT2D eigenvalue weighted by Gasteiger charge is -2.10. The number of phenolic OH excluding ortho intramolecular Hbond substituents is 3. The number of phenols is 3. The quantitative estimate of drug-likeness (QED) is 0.449. The standard InChI is InChI=1S/C25H26O5/c1-15(2)5-4-6-16(3)7-12-19-20(27)13-23-24(25(19)29)21(28)14-22(30-23)17-8-10-18(26)11-9-17/h5,7-11,13-14,26-27,29H,4,6,12H2,1-3H3. The van der Waals surface area contributed by atoms with Gasteiger partial charge < -0.3 is 19.7 Å². The van der Waals surface area contributed by atoms with Crippen molar-refractivity contribution in [2.45, 2.75) is 40.0 Å². The fourth-order valence-corrected chi connectivity index (χ4v) is 3.27. The lowest BCUT2D eigenvalue weighted by molar-refractivity contribution is 0.443. The van der Waals surface area contributed by atoms with Crippen molar-refractivity contribution in [3.63, 3.8) is 0 Å². The van der Waals surface area contributed by atoms with Crippen molar-refractivity contribution in [2.24, 2.45) is 0 Å². The summed E-state index contributed by atoms with van der Waals surface area (Å²) < 4.78 is 5.76. The first-order chi connectivity index (χ1) is 14.3. The predicted octanol–water partition coefficient (Wildman–Crippen LogP) is 5.81. The van der Waals surface area contributed by atoms with Crippen LogP contribution in [0.1, 0.15) is 39.2 Å². The number of rotatable bonds is 6. The van der Waals surface area contributed by atoms with Crippen LogP contribution < -0.4 is 5.43 Å². The van der Waals surface area contributed by atoms with Crippen LogP contribution in [0.4, 0.5) is 0 Å². The van der Waals surface area contributed by atoms with Gasteiger partial charge in [0.2, 0.25) is 0 Å². The minimum Gasteiger partial charge on any atom is -0.508 e. The third-order valence-electron chi connectivity index (χ3n) is 4.97. The molecule has 1 heterocycles. The Bertz CT molecular complexity index is 1180. The summed E-state index contributed by atoms with van der Waals surface area (Å²) in [5.41, 5.74) is 3.02. The number of benzene rings is 2. The van der Waals surface area contributed by atoms with Gasteiger partial charge in [-0.1, -0.05) is 23.3 Å². The molecule has 0 saturated heterocycles. The van der Waals surface area contributed by atoms with E-state index < -0.39 is 5.43 Å². The molecule has 0 radical (unpaired) electrons. The fraction of sp³-hybridized carbons (Fsp3) is 0.240. The average molecular weight is 406 g/mol. The van der Waals surface area contributed by atoms with E-state index in [0.29, 0.717) is 17.5 Å². The van der Waals surface area contributed by atoms with E-state index in [1.54, 1.807) is 12.1 Å². The third-order valence-corrected chi connectivity index (χ3v) is 4.97. The maximum absolute atomic E-state index is 12.7. The van der Waals surface area contributed by atoms with Crippen molar-refractivity contribution in [3.8, 4) is 28.6 Å². The van der Waals surface area contributed by atoms with Gasteiger partial charge in [-0.05, 0) is 64.3 Å². The van der Waals surface area contributed by atoms with Gasteiger partial charge in [0.1, 0.15) is 34.0 Å². The van der Waals surface area contributed by atoms with Gasteiger partial charge in [-0.3, -0.25) is 4.79 Å². The second-order valence-corrected chi connectivity index (χ2v) is 7.69. The first-order valence-corrected chi connectivity index (χ1v) is 9.86. The zero-order chi connectivity index (χ0) is 21.8. The Kier molecular flexibility index (Phi) is 6.31. The lowest BCUT2D eigenvalue weighted by atomic mass is 10.0. The molecule has 3 rings (SSSR count). The van der Waals surface area contributed by atoms with E-state index in [1.165, 1.54) is 29.8 Å². The smallest absolute Gasteiger partial charge is 0.197 e. The Morgan fingerprint density at radius 2 is 1.70 bits per heavy atom. The van der Waals surface area contributed by atoms with Gasteiger partial charge in [0, 0.05) is 23.3 Å². The van der Waals surface area contributed by atoms with E-state index in [0.717, 1.165) is 18.4 Å². The molecule has 0 fully saturated rings. The molecule has 0 aliphatic carbocycles. The van der Waals surface area contributed by atoms with Crippen molar-refractivity contribution < 1.29 is 19.7 Å². The van der Waals surface area contributed by atoms with E-state index >= 15 is 0 Å². The minimum absolute atomic E-state index is 0.0425. The summed E-state index contributed by atoms with van der Waals surface area (Å²) in [5, 5.41) is 30.6. The predicted molar refractivity (Wildman–Crippen MR) is 119 cm³/mol. The normalized spacial score (nSPS) is 11.6. The second-order valence-electron chi connectivity index (χ2n) is 7.69. The van der Waals surface area contributed by atoms with Crippen LogP contribution in [0.3, 0.4) is 0 Å². The number of hydrogen-bond donors (Lipinski definition) is 3. The van der Waals surface area contributed by atoms with E-state index in [-0.39, 0.29) is 34.0 Å². The zero-order valence-electron chi connectivity index (χ0n) is 17.4. The molecule has 3 N–H and O–H groups in total. The van der Waals surface area contributed by atoms with Gasteiger partial charge >= 0.3 is 0 Å². The molecule has 0 bridgehead atoms. The Morgan fingerprint density at radius 1 is 1.00 bits per heavy atom. The molecule has 0 saturated carbocycles. The van der Waals surface area contributed by atoms with Gasteiger partial charge in [0.25, 0.3) is 0 Å². The van der Waals surface area contributed by atoms with Crippen LogP contribution in [0.2, 0.25) is 0 Å². The molecule has 1 aromatic heterocycles. The SMILES string of the molecule is CC(C)=CCCC(C)=CCc1c(O)cc2oc(-c3ccc(O)cc3)cc(=O)c2c1O. The fourth-order valence-electron chi connectivity index (χ4n) is 3.27. The van der Waals surface area contributed by atoms with Crippen LogP contribution in [0.15, 0.2) is 68.9 Å². The molecule has 0 amide bonds. The van der Waals surface area contributed by atoms with Crippen LogP contribution in [-0.4, -0.2) is 15.3 Å². The molecule has 156 valence electrons. The minimum atomic E-state index is -0.401. The second kappa shape index (κ2) is 8.91. The topological polar surface area (TPSA) is 90.9 Å². The maximum atomic E-state index is 12.7. The maximum Gasteiger partial charge on any atom is 0.197 e. The van der Waals surface area contributed by atoms with Crippen molar-refractivity contribution >= 4 is 11.0 Å². The first-order valence-electron chi connectivity index (χ1n) is 9.86. The van der Waals surface area contributed by atoms with Crippen LogP contribution >= 0.6 is 0 Å². The number of allylic oxidation sites excluding steroid dienone is 4. The lowest BCUT2D eigenvalue weighted by Crippen LogP contribution is -2.02. The summed E-state index contributed by atoms with van der Waals surface area (Å²) in [6, 6.07) is 8.89. The van der Waals surface area contributed by atoms with Crippen molar-refractivity contribution in [2.75, 3.05) is 0 Å². The largest absolute Gasteiger partial charge is 0.508 e. The van der Waals surface area contributed by atoms with Crippen LogP contribution in [0, 0.1) is 0 Å². The molecule has 0 aliphatic rings. The molecule has 2 aromatic carbocycles. The number of fused-ring (bicyclic) bond motifs is 1. The summed E-state index contributed by atoms with van der Waals surface area (Å²) in [6.45, 7) is 6.12. The summed E-state index contributed by atoms with van der Waals surface area (Å²) in [7, 11) is 0. The van der Waals surface area contributed by atoms with Crippen molar-refractivity contribution in [1.29, 1.82) is 0 Å². The molecule has 3 aromatic rings. The van der Waals surface area contributed by atoms with E-state index in [9.17, 15) is 20.1 Å². The van der Waals surface area contributed by atoms with Crippen LogP contribution in [0.25, 0.3) is 22.3 Å². The first kappa shape index (κ1) is 21.2. The average Bonchev–Trinajstić information content (AvgIpc) is 2.67. The van der Waals surface area contributed by atoms with E-state index in [2.05, 4.69) is 19.9 Å². The summed E-state index contributed by atoms with van der Waals surface area (Å²) in [5.74, 6) is 0.00351. The highest BCUT2D eigenvalue weighted by atomic mass is 16.3. The Morgan fingerprint density at radius 3 is 2.37 bits per heavy atom. The van der Waals surface area contributed by atoms with Gasteiger partial charge in [-0.2, -0.15) is 0 Å². The molecular weight excluding hydrogens is 380 g/mol. The van der Waals surface area contributed by atoms with E-state index in [1.807, 2.05) is 13.0 Å². The molecule has 5 heteroatoms. The van der Waals surface area contributed by atoms with Crippen LogP contribution in [-0.2, 0) is 6.42 Å². The van der Waals surface area contributed by atoms with Gasteiger partial charge in [-0.15, -0.1) is 0 Å². The van der Waals surface area contributed by atoms with Gasteiger partial charge in [0.05, 0.1) is 0 Å². The number of aromatic hydroxyl groups is 3. The Hall–Kier alpha value is -3.47. The Labute approximate surface area is 175 Å². The highest BCUT2D eigenvalue weighted by Gasteiger charge is 2.17. The molecule has 30 heavy (non-hydrogen) atoms. The Balaban J connectivity index is 1.96. The number of hydrogen-bond acceptors (Lipinski definition) is 5. The van der Waals surface area contributed by atoms with E-state index in [4.69, 9.17) is 4.42 Å². The molecule has 0 unspecified atom stereocenters. The third kappa shape index (κ3) is 4.74. The van der Waals surface area contributed by atoms with Gasteiger partial charge in [-0.25, -0.2) is 0 Å². The van der Waals surface area contributed by atoms with Gasteiger partial charge in [0.15, 0.2) is 5.43 Å². The molecule has 5 nitrogen and oxygen atoms in total. The van der Waals surface area contributed by atoms with Crippen molar-refractivity contribution in [3.05, 3.63) is 75.5 Å². The molecule has 0 spiro atoms. The monoisotopic (exact) mass is 406 g/mol. The molecule has 0 atom stereocenters. The summed E-state index contributed by atoms with van der Waals surface area (Å²) in [4.78, 5) is 12.7. The molecular formula is C25H26O5. The van der Waals surface area contributed by atoms with Crippen molar-refractivity contribution in [1.82, 2.24) is 0 Å². The highest BCUT2D eigenvalue weighted by Crippen LogP contribution is 2.36. The highest BCUT2D eigenvalue weighted by molar-refractivity contribution is 5.88. The molecule has 0 aliphatic heterocycles.